The molecule has 0 aliphatic heterocycles. The second-order valence-corrected chi connectivity index (χ2v) is 4.60. The minimum atomic E-state index is -0.521. The third kappa shape index (κ3) is 2.25. The minimum Gasteiger partial charge on any atom is -0.507 e. The van der Waals surface area contributed by atoms with E-state index in [0.717, 1.165) is 37.8 Å². The first-order chi connectivity index (χ1) is 8.06. The lowest BCUT2D eigenvalue weighted by Gasteiger charge is -2.42. The van der Waals surface area contributed by atoms with Crippen molar-refractivity contribution in [2.24, 2.45) is 0 Å². The Bertz CT molecular complexity index is 436. The Morgan fingerprint density at radius 2 is 2.24 bits per heavy atom. The average Bonchev–Trinajstić information content (AvgIpc) is 2.26. The highest BCUT2D eigenvalue weighted by molar-refractivity contribution is 5.97. The largest absolute Gasteiger partial charge is 0.507 e. The summed E-state index contributed by atoms with van der Waals surface area (Å²) in [6, 6.07) is 3.39. The van der Waals surface area contributed by atoms with Crippen LogP contribution in [0, 0.1) is 5.82 Å². The maximum absolute atomic E-state index is 13.0. The fourth-order valence-corrected chi connectivity index (χ4v) is 2.17. The van der Waals surface area contributed by atoms with Gasteiger partial charge in [-0.3, -0.25) is 4.79 Å². The van der Waals surface area contributed by atoms with Gasteiger partial charge in [0.2, 0.25) is 0 Å². The summed E-state index contributed by atoms with van der Waals surface area (Å²) in [5, 5.41) is 12.4. The van der Waals surface area contributed by atoms with Crippen molar-refractivity contribution in [3.63, 3.8) is 0 Å². The summed E-state index contributed by atoms with van der Waals surface area (Å²) in [4.78, 5) is 11.9. The normalized spacial score (nSPS) is 17.3. The van der Waals surface area contributed by atoms with E-state index in [1.54, 1.807) is 0 Å². The van der Waals surface area contributed by atoms with E-state index >= 15 is 0 Å². The lowest BCUT2D eigenvalue weighted by atomic mass is 9.74. The van der Waals surface area contributed by atoms with Gasteiger partial charge >= 0.3 is 0 Å². The highest BCUT2D eigenvalue weighted by Crippen LogP contribution is 2.35. The number of nitrogens with one attached hydrogen (secondary N) is 1. The summed E-state index contributed by atoms with van der Waals surface area (Å²) < 4.78 is 13.0. The topological polar surface area (TPSA) is 49.3 Å². The molecule has 1 saturated carbocycles. The van der Waals surface area contributed by atoms with Crippen LogP contribution in [0.3, 0.4) is 0 Å². The molecule has 1 aliphatic rings. The molecule has 17 heavy (non-hydrogen) atoms. The number of phenolic OH excluding ortho intramolecular Hbond substituents is 1. The number of amides is 1. The van der Waals surface area contributed by atoms with Gasteiger partial charge in [0.15, 0.2) is 0 Å². The molecule has 2 rings (SSSR count). The molecule has 1 aliphatic carbocycles. The van der Waals surface area contributed by atoms with Crippen LogP contribution in [-0.2, 0) is 0 Å². The molecule has 92 valence electrons. The Balaban J connectivity index is 2.17. The third-order valence-electron chi connectivity index (χ3n) is 3.57. The summed E-state index contributed by atoms with van der Waals surface area (Å²) in [5.41, 5.74) is -0.153. The zero-order valence-electron chi connectivity index (χ0n) is 9.79. The van der Waals surface area contributed by atoms with Crippen molar-refractivity contribution in [3.05, 3.63) is 29.6 Å². The third-order valence-corrected chi connectivity index (χ3v) is 3.57. The summed E-state index contributed by atoms with van der Waals surface area (Å²) in [5.74, 6) is -1.11. The smallest absolute Gasteiger partial charge is 0.255 e. The lowest BCUT2D eigenvalue weighted by Crippen LogP contribution is -2.52. The average molecular weight is 237 g/mol. The van der Waals surface area contributed by atoms with Crippen molar-refractivity contribution < 1.29 is 14.3 Å². The van der Waals surface area contributed by atoms with Crippen LogP contribution in [0.2, 0.25) is 0 Å². The first kappa shape index (κ1) is 11.9. The number of hydrogen-bond acceptors (Lipinski definition) is 2. The van der Waals surface area contributed by atoms with Crippen LogP contribution in [0.1, 0.15) is 43.0 Å². The number of hydrogen-bond donors (Lipinski definition) is 2. The number of aromatic hydroxyl groups is 1. The van der Waals surface area contributed by atoms with Gasteiger partial charge < -0.3 is 10.4 Å². The fraction of sp³-hybridized carbons (Fsp3) is 0.462. The van der Waals surface area contributed by atoms with Crippen molar-refractivity contribution in [1.82, 2.24) is 5.32 Å². The first-order valence-corrected chi connectivity index (χ1v) is 5.87. The maximum Gasteiger partial charge on any atom is 0.255 e. The standard InChI is InChI=1S/C13H16FNO2/c1-2-13(6-3-7-13)15-12(17)10-8-9(14)4-5-11(10)16/h4-5,8,16H,2-3,6-7H2,1H3,(H,15,17). The van der Waals surface area contributed by atoms with Crippen molar-refractivity contribution in [1.29, 1.82) is 0 Å². The molecule has 1 aromatic carbocycles. The van der Waals surface area contributed by atoms with Crippen molar-refractivity contribution in [2.75, 3.05) is 0 Å². The summed E-state index contributed by atoms with van der Waals surface area (Å²) >= 11 is 0. The van der Waals surface area contributed by atoms with E-state index in [-0.39, 0.29) is 16.9 Å². The maximum atomic E-state index is 13.0. The number of benzene rings is 1. The summed E-state index contributed by atoms with van der Waals surface area (Å²) in [7, 11) is 0. The number of carbonyl (C=O) groups excluding carboxylic acids is 1. The molecule has 0 heterocycles. The van der Waals surface area contributed by atoms with E-state index in [9.17, 15) is 14.3 Å². The lowest BCUT2D eigenvalue weighted by molar-refractivity contribution is 0.0817. The van der Waals surface area contributed by atoms with Crippen molar-refractivity contribution >= 4 is 5.91 Å². The highest BCUT2D eigenvalue weighted by Gasteiger charge is 2.36. The zero-order chi connectivity index (χ0) is 12.5. The van der Waals surface area contributed by atoms with Gasteiger partial charge in [0.1, 0.15) is 11.6 Å². The molecule has 0 radical (unpaired) electrons. The van der Waals surface area contributed by atoms with Crippen LogP contribution in [0.4, 0.5) is 4.39 Å². The van der Waals surface area contributed by atoms with Crippen LogP contribution in [0.25, 0.3) is 0 Å². The van der Waals surface area contributed by atoms with E-state index in [4.69, 9.17) is 0 Å². The van der Waals surface area contributed by atoms with Gasteiger partial charge in [0, 0.05) is 5.54 Å². The molecule has 1 aromatic rings. The van der Waals surface area contributed by atoms with E-state index in [0.29, 0.717) is 0 Å². The summed E-state index contributed by atoms with van der Waals surface area (Å²) in [6.07, 6.45) is 3.86. The number of halogens is 1. The quantitative estimate of drug-likeness (QED) is 0.849. The van der Waals surface area contributed by atoms with Gasteiger partial charge in [-0.1, -0.05) is 6.92 Å². The Morgan fingerprint density at radius 3 is 2.76 bits per heavy atom. The molecule has 3 nitrogen and oxygen atoms in total. The second-order valence-electron chi connectivity index (χ2n) is 4.60. The van der Waals surface area contributed by atoms with E-state index in [1.165, 1.54) is 6.07 Å². The van der Waals surface area contributed by atoms with Gasteiger partial charge in [-0.2, -0.15) is 0 Å². The van der Waals surface area contributed by atoms with Gasteiger partial charge in [0.05, 0.1) is 5.56 Å². The van der Waals surface area contributed by atoms with E-state index in [1.807, 2.05) is 6.92 Å². The molecule has 0 atom stereocenters. The SMILES string of the molecule is CCC1(NC(=O)c2cc(F)ccc2O)CCC1. The molecular weight excluding hydrogens is 221 g/mol. The van der Waals surface area contributed by atoms with Crippen molar-refractivity contribution in [2.45, 2.75) is 38.1 Å². The highest BCUT2D eigenvalue weighted by atomic mass is 19.1. The van der Waals surface area contributed by atoms with E-state index < -0.39 is 11.7 Å². The second kappa shape index (κ2) is 4.35. The number of rotatable bonds is 3. The van der Waals surface area contributed by atoms with Crippen LogP contribution in [-0.4, -0.2) is 16.6 Å². The molecule has 0 bridgehead atoms. The first-order valence-electron chi connectivity index (χ1n) is 5.87. The summed E-state index contributed by atoms with van der Waals surface area (Å²) in [6.45, 7) is 2.02. The molecular formula is C13H16FNO2. The van der Waals surface area contributed by atoms with E-state index in [2.05, 4.69) is 5.32 Å². The van der Waals surface area contributed by atoms with Gasteiger partial charge in [-0.15, -0.1) is 0 Å². The van der Waals surface area contributed by atoms with Crippen LogP contribution < -0.4 is 5.32 Å². The monoisotopic (exact) mass is 237 g/mol. The molecule has 1 fully saturated rings. The van der Waals surface area contributed by atoms with Crippen LogP contribution in [0.15, 0.2) is 18.2 Å². The molecule has 0 saturated heterocycles. The van der Waals surface area contributed by atoms with Gasteiger partial charge in [-0.05, 0) is 43.9 Å². The predicted octanol–water partition coefficient (Wildman–Crippen LogP) is 2.59. The molecule has 4 heteroatoms. The Hall–Kier alpha value is -1.58. The molecule has 2 N–H and O–H groups in total. The Kier molecular flexibility index (Phi) is 3.05. The van der Waals surface area contributed by atoms with Crippen LogP contribution in [0.5, 0.6) is 5.75 Å². The van der Waals surface area contributed by atoms with Gasteiger partial charge in [-0.25, -0.2) is 4.39 Å². The Labute approximate surface area is 99.7 Å². The number of phenols is 1. The molecule has 1 amide bonds. The van der Waals surface area contributed by atoms with Crippen LogP contribution >= 0.6 is 0 Å². The Morgan fingerprint density at radius 1 is 1.53 bits per heavy atom. The number of carbonyl (C=O) groups is 1. The molecule has 0 spiro atoms. The van der Waals surface area contributed by atoms with Gasteiger partial charge in [0.25, 0.3) is 5.91 Å². The predicted molar refractivity (Wildman–Crippen MR) is 62.4 cm³/mol. The fourth-order valence-electron chi connectivity index (χ4n) is 2.17. The zero-order valence-corrected chi connectivity index (χ0v) is 9.79. The molecule has 0 aromatic heterocycles. The minimum absolute atomic E-state index is 0.00438. The molecule has 0 unspecified atom stereocenters. The van der Waals surface area contributed by atoms with Crippen molar-refractivity contribution in [3.8, 4) is 5.75 Å².